The van der Waals surface area contributed by atoms with Crippen LogP contribution in [0, 0.1) is 0 Å². The van der Waals surface area contributed by atoms with E-state index in [0.717, 1.165) is 56.0 Å². The fourth-order valence-corrected chi connectivity index (χ4v) is 8.21. The van der Waals surface area contributed by atoms with E-state index in [-0.39, 0.29) is 37.2 Å². The number of carbonyl (C=O) groups excluding carboxylic acids is 2. The summed E-state index contributed by atoms with van der Waals surface area (Å²) in [5, 5.41) is 10.2. The molecule has 8 nitrogen and oxygen atoms in total. The summed E-state index contributed by atoms with van der Waals surface area (Å²) in [6.45, 7) is 0.164. The largest absolute Gasteiger partial charge is 0.431 e. The predicted molar refractivity (Wildman–Crippen MR) is 219 cm³/mol. The molecule has 6 aromatic carbocycles. The van der Waals surface area contributed by atoms with Crippen molar-refractivity contribution in [3.8, 4) is 33.7 Å². The number of carbonyl (C=O) groups is 2. The summed E-state index contributed by atoms with van der Waals surface area (Å²) < 4.78 is 19.7. The smallest absolute Gasteiger partial charge is 0.261 e. The molecule has 7 aromatic rings. The highest BCUT2D eigenvalue weighted by Crippen LogP contribution is 2.41. The van der Waals surface area contributed by atoms with Gasteiger partial charge in [0.2, 0.25) is 0 Å². The first-order valence-corrected chi connectivity index (χ1v) is 19.9. The summed E-state index contributed by atoms with van der Waals surface area (Å²) in [5.74, 6) is 0.774. The van der Waals surface area contributed by atoms with Crippen molar-refractivity contribution in [2.45, 2.75) is 43.3 Å². The van der Waals surface area contributed by atoms with Crippen molar-refractivity contribution in [1.82, 2.24) is 9.88 Å². The highest BCUT2D eigenvalue weighted by Gasteiger charge is 2.35. The standard InChI is InChI=1S/C48H38N2O6S/c51-29-31-18-20-34(21-19-31)42-27-39(30-57-48-49-43(35-11-3-1-4-12-35)44(56-48)36-13-5-2-6-14-36)54-47(55-42)37-24-22-33(23-25-37)38-15-9-10-32(26-38)28-50-45(52)40-16-7-8-17-41(40)46(50)53/h1-26,39,42,47,51H,27-30H2/t39-,42+,47+/m1/s1. The fraction of sp³-hybridized carbons (Fsp3) is 0.146. The van der Waals surface area contributed by atoms with Gasteiger partial charge in [0, 0.05) is 28.9 Å². The number of thioether (sulfide) groups is 1. The number of amides is 2. The molecule has 0 bridgehead atoms. The van der Waals surface area contributed by atoms with Crippen molar-refractivity contribution in [2.75, 3.05) is 5.75 Å². The van der Waals surface area contributed by atoms with Crippen molar-refractivity contribution < 1.29 is 28.6 Å². The van der Waals surface area contributed by atoms with Crippen LogP contribution in [0.1, 0.15) is 61.8 Å². The number of nitrogens with zero attached hydrogens (tertiary/aromatic N) is 2. The Labute approximate surface area is 334 Å². The molecule has 1 aromatic heterocycles. The molecule has 0 radical (unpaired) electrons. The number of imide groups is 1. The van der Waals surface area contributed by atoms with E-state index >= 15 is 0 Å². The predicted octanol–water partition coefficient (Wildman–Crippen LogP) is 10.3. The number of ether oxygens (including phenoxy) is 2. The lowest BCUT2D eigenvalue weighted by Gasteiger charge is -2.36. The molecule has 9 rings (SSSR count). The van der Waals surface area contributed by atoms with E-state index < -0.39 is 6.29 Å². The van der Waals surface area contributed by atoms with E-state index in [2.05, 4.69) is 0 Å². The zero-order valence-electron chi connectivity index (χ0n) is 30.9. The third-order valence-corrected chi connectivity index (χ3v) is 11.3. The maximum Gasteiger partial charge on any atom is 0.261 e. The molecule has 2 aliphatic rings. The van der Waals surface area contributed by atoms with E-state index in [4.69, 9.17) is 18.9 Å². The van der Waals surface area contributed by atoms with Gasteiger partial charge in [0.05, 0.1) is 36.5 Å². The zero-order chi connectivity index (χ0) is 38.7. The third-order valence-electron chi connectivity index (χ3n) is 10.4. The van der Waals surface area contributed by atoms with Crippen LogP contribution in [-0.2, 0) is 22.6 Å². The number of benzene rings is 6. The van der Waals surface area contributed by atoms with Gasteiger partial charge < -0.3 is 19.0 Å². The van der Waals surface area contributed by atoms with Crippen LogP contribution < -0.4 is 0 Å². The van der Waals surface area contributed by atoms with Gasteiger partial charge in [-0.1, -0.05) is 151 Å². The van der Waals surface area contributed by atoms with Crippen LogP contribution in [0.3, 0.4) is 0 Å². The maximum absolute atomic E-state index is 13.0. The topological polar surface area (TPSA) is 102 Å². The Morgan fingerprint density at radius 1 is 0.632 bits per heavy atom. The highest BCUT2D eigenvalue weighted by atomic mass is 32.2. The van der Waals surface area contributed by atoms with Crippen LogP contribution in [0.5, 0.6) is 0 Å². The monoisotopic (exact) mass is 770 g/mol. The molecule has 2 amide bonds. The van der Waals surface area contributed by atoms with Crippen molar-refractivity contribution in [3.05, 3.63) is 191 Å². The minimum absolute atomic E-state index is 0.0269. The molecule has 57 heavy (non-hydrogen) atoms. The third kappa shape index (κ3) is 7.70. The van der Waals surface area contributed by atoms with Gasteiger partial charge >= 0.3 is 0 Å². The molecular weight excluding hydrogens is 733 g/mol. The van der Waals surface area contributed by atoms with Crippen LogP contribution >= 0.6 is 11.8 Å². The second-order valence-corrected chi connectivity index (χ2v) is 15.1. The van der Waals surface area contributed by atoms with Crippen molar-refractivity contribution in [1.29, 1.82) is 0 Å². The summed E-state index contributed by atoms with van der Waals surface area (Å²) in [5.41, 5.74) is 9.16. The Bertz CT molecular complexity index is 2430. The molecule has 0 aliphatic carbocycles. The van der Waals surface area contributed by atoms with Gasteiger partial charge in [-0.15, -0.1) is 0 Å². The van der Waals surface area contributed by atoms with Crippen LogP contribution in [0.2, 0.25) is 0 Å². The van der Waals surface area contributed by atoms with Crippen molar-refractivity contribution >= 4 is 23.6 Å². The number of hydrogen-bond acceptors (Lipinski definition) is 8. The summed E-state index contributed by atoms with van der Waals surface area (Å²) in [4.78, 5) is 32.3. The Morgan fingerprint density at radius 2 is 1.26 bits per heavy atom. The normalized spacial score (nSPS) is 17.8. The number of fused-ring (bicyclic) bond motifs is 1. The van der Waals surface area contributed by atoms with Gasteiger partial charge in [0.15, 0.2) is 12.1 Å². The molecule has 1 saturated heterocycles. The number of aromatic nitrogens is 1. The maximum atomic E-state index is 13.0. The second-order valence-electron chi connectivity index (χ2n) is 14.1. The highest BCUT2D eigenvalue weighted by molar-refractivity contribution is 7.99. The van der Waals surface area contributed by atoms with Gasteiger partial charge in [-0.3, -0.25) is 14.5 Å². The van der Waals surface area contributed by atoms with Crippen LogP contribution in [-0.4, -0.2) is 38.7 Å². The molecular formula is C48H38N2O6S. The Balaban J connectivity index is 0.939. The summed E-state index contributed by atoms with van der Waals surface area (Å²) >= 11 is 1.52. The summed E-state index contributed by atoms with van der Waals surface area (Å²) in [7, 11) is 0. The second kappa shape index (κ2) is 16.2. The lowest BCUT2D eigenvalue weighted by atomic mass is 9.99. The van der Waals surface area contributed by atoms with E-state index in [1.807, 2.05) is 133 Å². The van der Waals surface area contributed by atoms with E-state index in [9.17, 15) is 14.7 Å². The molecule has 2 aliphatic heterocycles. The quantitative estimate of drug-likeness (QED) is 0.102. The molecule has 0 spiro atoms. The number of rotatable bonds is 11. The SMILES string of the molecule is O=C1c2ccccc2C(=O)N1Cc1cccc(-c2ccc([C@H]3O[C@@H](CSc4nc(-c5ccccc5)c(-c5ccccc5)o4)C[C@@H](c4ccc(CO)cc4)O3)cc2)c1. The molecule has 9 heteroatoms. The Hall–Kier alpha value is -6.10. The molecule has 1 N–H and O–H groups in total. The molecule has 0 saturated carbocycles. The minimum Gasteiger partial charge on any atom is -0.431 e. The molecule has 3 atom stereocenters. The summed E-state index contributed by atoms with van der Waals surface area (Å²) in [6.07, 6.45) is -0.449. The first kappa shape index (κ1) is 36.5. The fourth-order valence-electron chi connectivity index (χ4n) is 7.37. The number of aliphatic hydroxyl groups excluding tert-OH is 1. The zero-order valence-corrected chi connectivity index (χ0v) is 31.7. The first-order chi connectivity index (χ1) is 28.0. The van der Waals surface area contributed by atoms with Gasteiger partial charge in [-0.05, 0) is 46.0 Å². The number of oxazole rings is 1. The lowest BCUT2D eigenvalue weighted by molar-refractivity contribution is -0.245. The van der Waals surface area contributed by atoms with E-state index in [1.165, 1.54) is 16.7 Å². The first-order valence-electron chi connectivity index (χ1n) is 18.9. The average molecular weight is 771 g/mol. The van der Waals surface area contributed by atoms with E-state index in [1.54, 1.807) is 24.3 Å². The lowest BCUT2D eigenvalue weighted by Crippen LogP contribution is -2.31. The van der Waals surface area contributed by atoms with Crippen molar-refractivity contribution in [3.63, 3.8) is 0 Å². The van der Waals surface area contributed by atoms with Gasteiger partial charge in [0.25, 0.3) is 17.0 Å². The van der Waals surface area contributed by atoms with Crippen LogP contribution in [0.15, 0.2) is 167 Å². The average Bonchev–Trinajstić information content (AvgIpc) is 3.81. The van der Waals surface area contributed by atoms with Crippen molar-refractivity contribution in [2.24, 2.45) is 0 Å². The van der Waals surface area contributed by atoms with E-state index in [0.29, 0.717) is 28.5 Å². The van der Waals surface area contributed by atoms with Crippen LogP contribution in [0.4, 0.5) is 0 Å². The minimum atomic E-state index is -0.634. The van der Waals surface area contributed by atoms with Gasteiger partial charge in [-0.25, -0.2) is 4.98 Å². The Kier molecular flexibility index (Phi) is 10.4. The van der Waals surface area contributed by atoms with Gasteiger partial charge in [0.1, 0.15) is 5.69 Å². The number of aliphatic hydroxyl groups is 1. The molecule has 1 fully saturated rings. The van der Waals surface area contributed by atoms with Gasteiger partial charge in [-0.2, -0.15) is 0 Å². The Morgan fingerprint density at radius 3 is 1.95 bits per heavy atom. The number of hydrogen-bond donors (Lipinski definition) is 1. The van der Waals surface area contributed by atoms with Crippen LogP contribution in [0.25, 0.3) is 33.7 Å². The molecule has 3 heterocycles. The summed E-state index contributed by atoms with van der Waals surface area (Å²) in [6, 6.07) is 50.9. The molecule has 0 unspecified atom stereocenters. The molecule has 282 valence electrons.